The highest BCUT2D eigenvalue weighted by atomic mass is 35.5. The second kappa shape index (κ2) is 4.24. The average Bonchev–Trinajstić information content (AvgIpc) is 2.15. The van der Waals surface area contributed by atoms with Crippen LogP contribution in [0.3, 0.4) is 0 Å². The van der Waals surface area contributed by atoms with Gasteiger partial charge in [-0.25, -0.2) is 4.98 Å². The Balaban J connectivity index is 3.06. The molecule has 15 heavy (non-hydrogen) atoms. The van der Waals surface area contributed by atoms with Gasteiger partial charge < -0.3 is 15.7 Å². The van der Waals surface area contributed by atoms with E-state index >= 15 is 0 Å². The van der Waals surface area contributed by atoms with Gasteiger partial charge in [0.15, 0.2) is 0 Å². The minimum Gasteiger partial charge on any atom is -0.399 e. The maximum absolute atomic E-state index is 9.23. The van der Waals surface area contributed by atoms with Crippen LogP contribution >= 0.6 is 11.6 Å². The third-order valence-corrected chi connectivity index (χ3v) is 2.64. The fraction of sp³-hybridized carbons (Fsp3) is 0.500. The van der Waals surface area contributed by atoms with Gasteiger partial charge in [-0.05, 0) is 19.9 Å². The summed E-state index contributed by atoms with van der Waals surface area (Å²) in [6.45, 7) is 3.84. The van der Waals surface area contributed by atoms with Crippen molar-refractivity contribution in [2.75, 3.05) is 24.3 Å². The van der Waals surface area contributed by atoms with Crippen LogP contribution in [0.4, 0.5) is 11.5 Å². The van der Waals surface area contributed by atoms with Crippen LogP contribution in [-0.4, -0.2) is 29.3 Å². The Morgan fingerprint density at radius 3 is 2.60 bits per heavy atom. The molecular weight excluding hydrogens is 214 g/mol. The summed E-state index contributed by atoms with van der Waals surface area (Å²) in [5.41, 5.74) is 5.83. The molecule has 0 radical (unpaired) electrons. The molecule has 0 aromatic carbocycles. The fourth-order valence-corrected chi connectivity index (χ4v) is 1.30. The van der Waals surface area contributed by atoms with Gasteiger partial charge in [0.1, 0.15) is 11.0 Å². The van der Waals surface area contributed by atoms with E-state index in [0.717, 1.165) is 0 Å². The largest absolute Gasteiger partial charge is 0.399 e. The molecule has 1 rings (SSSR count). The summed E-state index contributed by atoms with van der Waals surface area (Å²) in [6.07, 6.45) is 0. The first-order valence-electron chi connectivity index (χ1n) is 4.64. The number of likely N-dealkylation sites (N-methyl/N-ethyl adjacent to an activating group) is 1. The smallest absolute Gasteiger partial charge is 0.133 e. The Hall–Kier alpha value is -1.00. The molecule has 0 atom stereocenters. The van der Waals surface area contributed by atoms with Crippen molar-refractivity contribution in [1.29, 1.82) is 0 Å². The van der Waals surface area contributed by atoms with Crippen LogP contribution in [0.1, 0.15) is 13.8 Å². The lowest BCUT2D eigenvalue weighted by molar-refractivity contribution is 0.215. The van der Waals surface area contributed by atoms with Crippen LogP contribution in [0.15, 0.2) is 12.1 Å². The van der Waals surface area contributed by atoms with Crippen molar-refractivity contribution in [1.82, 2.24) is 4.98 Å². The molecule has 0 aliphatic carbocycles. The number of aromatic nitrogens is 1. The monoisotopic (exact) mass is 229 g/mol. The summed E-state index contributed by atoms with van der Waals surface area (Å²) in [5, 5.41) is 9.58. The molecule has 0 unspecified atom stereocenters. The van der Waals surface area contributed by atoms with Gasteiger partial charge in [0.2, 0.25) is 0 Å². The second-order valence-corrected chi connectivity index (χ2v) is 4.50. The van der Waals surface area contributed by atoms with E-state index in [9.17, 15) is 5.11 Å². The number of aliphatic hydroxyl groups is 1. The molecule has 84 valence electrons. The molecule has 5 heteroatoms. The molecule has 0 bridgehead atoms. The zero-order valence-corrected chi connectivity index (χ0v) is 9.91. The SMILES string of the molecule is CN(c1cc(N)cc(Cl)n1)C(C)(C)CO. The normalized spacial score (nSPS) is 11.5. The van der Waals surface area contributed by atoms with Gasteiger partial charge in [0, 0.05) is 18.8 Å². The summed E-state index contributed by atoms with van der Waals surface area (Å²) < 4.78 is 0. The van der Waals surface area contributed by atoms with Crippen molar-refractivity contribution in [2.24, 2.45) is 0 Å². The molecule has 0 saturated heterocycles. The van der Waals surface area contributed by atoms with E-state index in [4.69, 9.17) is 17.3 Å². The number of nitrogens with two attached hydrogens (primary N) is 1. The number of anilines is 2. The maximum atomic E-state index is 9.23. The topological polar surface area (TPSA) is 62.4 Å². The maximum Gasteiger partial charge on any atom is 0.133 e. The first kappa shape index (κ1) is 12.1. The van der Waals surface area contributed by atoms with Crippen LogP contribution in [0.25, 0.3) is 0 Å². The minimum atomic E-state index is -0.399. The van der Waals surface area contributed by atoms with E-state index in [-0.39, 0.29) is 6.61 Å². The highest BCUT2D eigenvalue weighted by molar-refractivity contribution is 6.29. The zero-order chi connectivity index (χ0) is 11.6. The Kier molecular flexibility index (Phi) is 3.42. The fourth-order valence-electron chi connectivity index (χ4n) is 1.09. The molecule has 0 amide bonds. The molecule has 0 saturated carbocycles. The number of aliphatic hydroxyl groups excluding tert-OH is 1. The Bertz CT molecular complexity index is 334. The highest BCUT2D eigenvalue weighted by Gasteiger charge is 2.23. The number of nitrogens with zero attached hydrogens (tertiary/aromatic N) is 2. The second-order valence-electron chi connectivity index (χ2n) is 4.11. The zero-order valence-electron chi connectivity index (χ0n) is 9.16. The third-order valence-electron chi connectivity index (χ3n) is 2.44. The molecule has 1 aromatic rings. The van der Waals surface area contributed by atoms with Gasteiger partial charge in [-0.2, -0.15) is 0 Å². The Labute approximate surface area is 94.7 Å². The van der Waals surface area contributed by atoms with Crippen molar-refractivity contribution in [3.8, 4) is 0 Å². The van der Waals surface area contributed by atoms with Crippen LogP contribution in [-0.2, 0) is 0 Å². The first-order valence-corrected chi connectivity index (χ1v) is 5.02. The predicted molar refractivity (Wildman–Crippen MR) is 63.2 cm³/mol. The van der Waals surface area contributed by atoms with Gasteiger partial charge >= 0.3 is 0 Å². The van der Waals surface area contributed by atoms with E-state index < -0.39 is 5.54 Å². The number of pyridine rings is 1. The van der Waals surface area contributed by atoms with Gasteiger partial charge in [0.05, 0.1) is 12.1 Å². The highest BCUT2D eigenvalue weighted by Crippen LogP contribution is 2.24. The number of hydrogen-bond donors (Lipinski definition) is 2. The molecule has 0 aliphatic rings. The Morgan fingerprint density at radius 1 is 1.53 bits per heavy atom. The minimum absolute atomic E-state index is 0.0254. The van der Waals surface area contributed by atoms with E-state index in [2.05, 4.69) is 4.98 Å². The van der Waals surface area contributed by atoms with Crippen LogP contribution in [0, 0.1) is 0 Å². The molecule has 1 aromatic heterocycles. The van der Waals surface area contributed by atoms with Gasteiger partial charge in [-0.15, -0.1) is 0 Å². The number of nitrogen functional groups attached to an aromatic ring is 1. The van der Waals surface area contributed by atoms with E-state index in [1.165, 1.54) is 0 Å². The number of rotatable bonds is 3. The number of hydrogen-bond acceptors (Lipinski definition) is 4. The molecule has 3 N–H and O–H groups in total. The van der Waals surface area contributed by atoms with Gasteiger partial charge in [-0.3, -0.25) is 0 Å². The van der Waals surface area contributed by atoms with Gasteiger partial charge in [0.25, 0.3) is 0 Å². The lowest BCUT2D eigenvalue weighted by Gasteiger charge is -2.35. The van der Waals surface area contributed by atoms with Crippen molar-refractivity contribution >= 4 is 23.1 Å². The van der Waals surface area contributed by atoms with Crippen LogP contribution in [0.5, 0.6) is 0 Å². The summed E-state index contributed by atoms with van der Waals surface area (Å²) >= 11 is 5.81. The quantitative estimate of drug-likeness (QED) is 0.772. The third kappa shape index (κ3) is 2.73. The van der Waals surface area contributed by atoms with E-state index in [1.807, 2.05) is 25.8 Å². The molecule has 1 heterocycles. The standard InChI is InChI=1S/C10H16ClN3O/c1-10(2,6-15)14(3)9-5-7(12)4-8(11)13-9/h4-5,15H,6H2,1-3H3,(H2,12,13). The summed E-state index contributed by atoms with van der Waals surface area (Å²) in [6, 6.07) is 3.31. The molecule has 0 fully saturated rings. The summed E-state index contributed by atoms with van der Waals surface area (Å²) in [4.78, 5) is 5.99. The van der Waals surface area contributed by atoms with Gasteiger partial charge in [-0.1, -0.05) is 11.6 Å². The van der Waals surface area contributed by atoms with Crippen LogP contribution in [0.2, 0.25) is 5.15 Å². The van der Waals surface area contributed by atoms with Crippen LogP contribution < -0.4 is 10.6 Å². The van der Waals surface area contributed by atoms with Crippen molar-refractivity contribution in [3.05, 3.63) is 17.3 Å². The number of halogens is 1. The molecule has 0 spiro atoms. The molecule has 4 nitrogen and oxygen atoms in total. The lowest BCUT2D eigenvalue weighted by Crippen LogP contribution is -2.44. The van der Waals surface area contributed by atoms with E-state index in [1.54, 1.807) is 12.1 Å². The molecule has 0 aliphatic heterocycles. The summed E-state index contributed by atoms with van der Waals surface area (Å²) in [7, 11) is 1.84. The average molecular weight is 230 g/mol. The van der Waals surface area contributed by atoms with E-state index in [0.29, 0.717) is 16.7 Å². The molecular formula is C10H16ClN3O. The predicted octanol–water partition coefficient (Wildman–Crippen LogP) is 1.52. The summed E-state index contributed by atoms with van der Waals surface area (Å²) in [5.74, 6) is 0.652. The van der Waals surface area contributed by atoms with Crippen molar-refractivity contribution in [3.63, 3.8) is 0 Å². The first-order chi connectivity index (χ1) is 6.86. The Morgan fingerprint density at radius 2 is 2.13 bits per heavy atom. The van der Waals surface area contributed by atoms with Crippen molar-refractivity contribution in [2.45, 2.75) is 19.4 Å². The van der Waals surface area contributed by atoms with Crippen molar-refractivity contribution < 1.29 is 5.11 Å². The lowest BCUT2D eigenvalue weighted by atomic mass is 10.1.